The van der Waals surface area contributed by atoms with Gasteiger partial charge in [-0.3, -0.25) is 4.57 Å². The van der Waals surface area contributed by atoms with Crippen LogP contribution < -0.4 is 0 Å². The second kappa shape index (κ2) is 3.59. The van der Waals surface area contributed by atoms with E-state index in [9.17, 15) is 0 Å². The van der Waals surface area contributed by atoms with Crippen molar-refractivity contribution in [1.82, 2.24) is 24.3 Å². The number of fused-ring (bicyclic) bond motifs is 5. The van der Waals surface area contributed by atoms with Crippen molar-refractivity contribution < 1.29 is 0 Å². The number of alkyl halides is 2. The first kappa shape index (κ1) is 11.0. The zero-order valence-corrected chi connectivity index (χ0v) is 11.0. The molecule has 1 aromatic carbocycles. The SMILES string of the molecule is ClC1(Cl)c2cncn2-c2ccccc2-c2ncnn21. The molecule has 0 saturated heterocycles. The van der Waals surface area contributed by atoms with Gasteiger partial charge in [-0.25, -0.2) is 14.6 Å². The minimum Gasteiger partial charge on any atom is -0.298 e. The summed E-state index contributed by atoms with van der Waals surface area (Å²) in [5.41, 5.74) is 2.46. The molecule has 1 aliphatic heterocycles. The normalized spacial score (nSPS) is 15.3. The van der Waals surface area contributed by atoms with E-state index in [0.29, 0.717) is 11.5 Å². The molecule has 0 aliphatic carbocycles. The van der Waals surface area contributed by atoms with Crippen LogP contribution in [0.5, 0.6) is 0 Å². The van der Waals surface area contributed by atoms with E-state index in [-0.39, 0.29) is 0 Å². The Balaban J connectivity index is 2.20. The van der Waals surface area contributed by atoms with Gasteiger partial charge in [0.05, 0.1) is 18.2 Å². The summed E-state index contributed by atoms with van der Waals surface area (Å²) in [5, 5.41) is 4.15. The molecular weight excluding hydrogens is 285 g/mol. The van der Waals surface area contributed by atoms with Crippen LogP contribution in [0.15, 0.2) is 43.1 Å². The summed E-state index contributed by atoms with van der Waals surface area (Å²) in [7, 11) is 0. The number of benzene rings is 1. The standard InChI is InChI=1S/C12H7Cl2N5/c13-12(14)10-5-15-7-18(10)9-4-2-1-3-8(9)11-16-6-17-19(11)12/h1-7H. The van der Waals surface area contributed by atoms with Crippen LogP contribution in [0.25, 0.3) is 17.1 Å². The highest BCUT2D eigenvalue weighted by molar-refractivity contribution is 6.47. The Morgan fingerprint density at radius 2 is 2.00 bits per heavy atom. The molecule has 0 N–H and O–H groups in total. The van der Waals surface area contributed by atoms with Gasteiger partial charge in [-0.15, -0.1) is 0 Å². The number of para-hydroxylation sites is 1. The van der Waals surface area contributed by atoms with Crippen LogP contribution in [0.3, 0.4) is 0 Å². The molecule has 0 atom stereocenters. The van der Waals surface area contributed by atoms with Gasteiger partial charge in [-0.1, -0.05) is 35.3 Å². The highest BCUT2D eigenvalue weighted by Crippen LogP contribution is 2.42. The van der Waals surface area contributed by atoms with Gasteiger partial charge in [0, 0.05) is 5.56 Å². The summed E-state index contributed by atoms with van der Waals surface area (Å²) in [4.78, 5) is 8.40. The molecule has 7 heteroatoms. The number of halogens is 2. The van der Waals surface area contributed by atoms with Crippen molar-refractivity contribution in [3.8, 4) is 17.1 Å². The van der Waals surface area contributed by atoms with E-state index >= 15 is 0 Å². The van der Waals surface area contributed by atoms with Crippen LogP contribution in [0, 0.1) is 0 Å². The van der Waals surface area contributed by atoms with Crippen molar-refractivity contribution >= 4 is 23.2 Å². The molecule has 2 aromatic heterocycles. The fourth-order valence-electron chi connectivity index (χ4n) is 2.32. The lowest BCUT2D eigenvalue weighted by atomic mass is 10.1. The van der Waals surface area contributed by atoms with Crippen LogP contribution in [0.1, 0.15) is 5.69 Å². The molecule has 0 spiro atoms. The first-order valence-corrected chi connectivity index (χ1v) is 6.36. The van der Waals surface area contributed by atoms with Crippen molar-refractivity contribution in [1.29, 1.82) is 0 Å². The smallest absolute Gasteiger partial charge is 0.254 e. The number of rotatable bonds is 0. The molecule has 0 fully saturated rings. The number of nitrogens with zero attached hydrogens (tertiary/aromatic N) is 5. The van der Waals surface area contributed by atoms with Crippen LogP contribution in [0.4, 0.5) is 0 Å². The van der Waals surface area contributed by atoms with Crippen molar-refractivity contribution in [3.05, 3.63) is 48.8 Å². The maximum Gasteiger partial charge on any atom is 0.254 e. The molecule has 0 amide bonds. The Bertz CT molecular complexity index is 711. The Hall–Kier alpha value is -1.85. The molecular formula is C12H7Cl2N5. The zero-order valence-electron chi connectivity index (χ0n) is 9.53. The van der Waals surface area contributed by atoms with Crippen molar-refractivity contribution in [2.45, 2.75) is 4.46 Å². The molecule has 0 radical (unpaired) electrons. The Morgan fingerprint density at radius 1 is 1.16 bits per heavy atom. The molecule has 1 aliphatic rings. The Morgan fingerprint density at radius 3 is 2.89 bits per heavy atom. The third-order valence-electron chi connectivity index (χ3n) is 3.16. The quantitative estimate of drug-likeness (QED) is 0.598. The van der Waals surface area contributed by atoms with E-state index in [1.54, 1.807) is 12.5 Å². The van der Waals surface area contributed by atoms with Gasteiger partial charge in [0.25, 0.3) is 4.46 Å². The number of imidazole rings is 1. The molecule has 3 aromatic rings. The summed E-state index contributed by atoms with van der Waals surface area (Å²) in [6.07, 6.45) is 4.76. The third kappa shape index (κ3) is 1.34. The summed E-state index contributed by atoms with van der Waals surface area (Å²) in [5.74, 6) is 0.629. The van der Waals surface area contributed by atoms with Gasteiger partial charge >= 0.3 is 0 Å². The Labute approximate surface area is 118 Å². The van der Waals surface area contributed by atoms with Gasteiger partial charge in [-0.05, 0) is 12.1 Å². The highest BCUT2D eigenvalue weighted by Gasteiger charge is 2.39. The summed E-state index contributed by atoms with van der Waals surface area (Å²) in [6.45, 7) is 0. The van der Waals surface area contributed by atoms with E-state index in [4.69, 9.17) is 23.2 Å². The fourth-order valence-corrected chi connectivity index (χ4v) is 2.85. The lowest BCUT2D eigenvalue weighted by Gasteiger charge is -2.19. The first-order valence-electron chi connectivity index (χ1n) is 5.60. The Kier molecular flexibility index (Phi) is 2.08. The second-order valence-electron chi connectivity index (χ2n) is 4.20. The van der Waals surface area contributed by atoms with Crippen LogP contribution in [-0.4, -0.2) is 24.3 Å². The topological polar surface area (TPSA) is 48.5 Å². The average molecular weight is 292 g/mol. The van der Waals surface area contributed by atoms with E-state index in [1.165, 1.54) is 11.0 Å². The lowest BCUT2D eigenvalue weighted by Crippen LogP contribution is -2.25. The zero-order chi connectivity index (χ0) is 13.0. The largest absolute Gasteiger partial charge is 0.298 e. The van der Waals surface area contributed by atoms with E-state index < -0.39 is 4.46 Å². The van der Waals surface area contributed by atoms with E-state index in [2.05, 4.69) is 15.1 Å². The molecule has 3 heterocycles. The van der Waals surface area contributed by atoms with E-state index in [0.717, 1.165) is 11.3 Å². The average Bonchev–Trinajstić information content (AvgIpc) is 3.07. The maximum absolute atomic E-state index is 6.48. The maximum atomic E-state index is 6.48. The van der Waals surface area contributed by atoms with Crippen molar-refractivity contribution in [2.75, 3.05) is 0 Å². The number of hydrogen-bond donors (Lipinski definition) is 0. The summed E-state index contributed by atoms with van der Waals surface area (Å²) < 4.78 is 2.00. The molecule has 94 valence electrons. The first-order chi connectivity index (χ1) is 9.19. The fraction of sp³-hybridized carbons (Fsp3) is 0.0833. The van der Waals surface area contributed by atoms with Crippen LogP contribution >= 0.6 is 23.2 Å². The summed E-state index contributed by atoms with van der Waals surface area (Å²) >= 11 is 13.0. The van der Waals surface area contributed by atoms with Gasteiger partial charge in [0.2, 0.25) is 0 Å². The third-order valence-corrected chi connectivity index (χ3v) is 3.87. The van der Waals surface area contributed by atoms with Crippen molar-refractivity contribution in [2.24, 2.45) is 0 Å². The van der Waals surface area contributed by atoms with Gasteiger partial charge < -0.3 is 0 Å². The monoisotopic (exact) mass is 291 g/mol. The number of aromatic nitrogens is 5. The minimum atomic E-state index is -1.35. The molecule has 5 nitrogen and oxygen atoms in total. The number of hydrogen-bond acceptors (Lipinski definition) is 3. The predicted octanol–water partition coefficient (Wildman–Crippen LogP) is 2.58. The summed E-state index contributed by atoms with van der Waals surface area (Å²) in [6, 6.07) is 7.80. The van der Waals surface area contributed by atoms with Crippen LogP contribution in [-0.2, 0) is 4.46 Å². The van der Waals surface area contributed by atoms with Crippen molar-refractivity contribution in [3.63, 3.8) is 0 Å². The van der Waals surface area contributed by atoms with Gasteiger partial charge in [-0.2, -0.15) is 5.10 Å². The lowest BCUT2D eigenvalue weighted by molar-refractivity contribution is 0.596. The van der Waals surface area contributed by atoms with Crippen LogP contribution in [0.2, 0.25) is 0 Å². The van der Waals surface area contributed by atoms with E-state index in [1.807, 2.05) is 28.8 Å². The molecule has 0 saturated carbocycles. The molecule has 0 bridgehead atoms. The molecule has 4 rings (SSSR count). The minimum absolute atomic E-state index is 0.629. The van der Waals surface area contributed by atoms with Gasteiger partial charge in [0.15, 0.2) is 5.82 Å². The molecule has 0 unspecified atom stereocenters. The van der Waals surface area contributed by atoms with Gasteiger partial charge in [0.1, 0.15) is 12.0 Å². The highest BCUT2D eigenvalue weighted by atomic mass is 35.5. The second-order valence-corrected chi connectivity index (χ2v) is 5.49. The predicted molar refractivity (Wildman–Crippen MR) is 71.4 cm³/mol. The molecule has 19 heavy (non-hydrogen) atoms.